The van der Waals surface area contributed by atoms with Gasteiger partial charge in [-0.1, -0.05) is 36.4 Å². The third kappa shape index (κ3) is 3.47. The van der Waals surface area contributed by atoms with Crippen molar-refractivity contribution in [3.05, 3.63) is 65.5 Å². The van der Waals surface area contributed by atoms with Crippen molar-refractivity contribution in [3.63, 3.8) is 0 Å². The van der Waals surface area contributed by atoms with Crippen LogP contribution in [0.3, 0.4) is 0 Å². The summed E-state index contributed by atoms with van der Waals surface area (Å²) >= 11 is 0. The number of benzene rings is 1. The van der Waals surface area contributed by atoms with E-state index in [1.807, 2.05) is 0 Å². The summed E-state index contributed by atoms with van der Waals surface area (Å²) in [5.41, 5.74) is -1.63. The number of alkyl halides is 3. The van der Waals surface area contributed by atoms with E-state index in [0.717, 1.165) is 12.3 Å². The van der Waals surface area contributed by atoms with Crippen molar-refractivity contribution < 1.29 is 23.1 Å². The molecule has 108 valence electrons. The maximum absolute atomic E-state index is 12.9. The topological polar surface area (TPSA) is 50.2 Å². The highest BCUT2D eigenvalue weighted by Crippen LogP contribution is 2.33. The zero-order valence-electron chi connectivity index (χ0n) is 10.6. The summed E-state index contributed by atoms with van der Waals surface area (Å²) in [6.07, 6.45) is -2.55. The lowest BCUT2D eigenvalue weighted by Crippen LogP contribution is -2.13. The number of hydrogen-bond donors (Lipinski definition) is 1. The molecule has 2 rings (SSSR count). The Labute approximate surface area is 118 Å². The molecule has 1 N–H and O–H groups in total. The third-order valence-corrected chi connectivity index (χ3v) is 2.71. The standard InChI is InChI=1S/C15H10F3NO2/c16-15(17,18)13-11(7-4-8-19-13)12(14(20)21)9-10-5-2-1-3-6-10/h1-9H,(H,20,21). The molecule has 6 heteroatoms. The summed E-state index contributed by atoms with van der Waals surface area (Å²) in [7, 11) is 0. The molecule has 0 aliphatic rings. The molecule has 1 heterocycles. The number of pyridine rings is 1. The maximum atomic E-state index is 12.9. The van der Waals surface area contributed by atoms with Crippen LogP contribution in [0.4, 0.5) is 13.2 Å². The molecule has 0 atom stereocenters. The fourth-order valence-electron chi connectivity index (χ4n) is 1.82. The average Bonchev–Trinajstić information content (AvgIpc) is 2.45. The van der Waals surface area contributed by atoms with Crippen molar-refractivity contribution in [1.82, 2.24) is 4.98 Å². The van der Waals surface area contributed by atoms with Crippen molar-refractivity contribution in [2.24, 2.45) is 0 Å². The maximum Gasteiger partial charge on any atom is 0.433 e. The van der Waals surface area contributed by atoms with Crippen molar-refractivity contribution in [1.29, 1.82) is 0 Å². The van der Waals surface area contributed by atoms with Crippen molar-refractivity contribution in [3.8, 4) is 0 Å². The van der Waals surface area contributed by atoms with Crippen molar-refractivity contribution in [2.75, 3.05) is 0 Å². The van der Waals surface area contributed by atoms with Gasteiger partial charge in [0.2, 0.25) is 0 Å². The molecule has 1 aromatic heterocycles. The molecule has 0 saturated heterocycles. The van der Waals surface area contributed by atoms with Crippen LogP contribution in [0, 0.1) is 0 Å². The molecule has 0 fully saturated rings. The molecule has 0 radical (unpaired) electrons. The molecule has 0 saturated carbocycles. The molecule has 21 heavy (non-hydrogen) atoms. The van der Waals surface area contributed by atoms with Gasteiger partial charge < -0.3 is 5.11 Å². The van der Waals surface area contributed by atoms with E-state index in [4.69, 9.17) is 0 Å². The predicted molar refractivity (Wildman–Crippen MR) is 71.2 cm³/mol. The van der Waals surface area contributed by atoms with Crippen LogP contribution in [0.2, 0.25) is 0 Å². The molecule has 0 aliphatic heterocycles. The molecule has 3 nitrogen and oxygen atoms in total. The first-order valence-electron chi connectivity index (χ1n) is 5.92. The van der Waals surface area contributed by atoms with Crippen LogP contribution in [0.5, 0.6) is 0 Å². The van der Waals surface area contributed by atoms with E-state index < -0.39 is 29.0 Å². The number of nitrogens with zero attached hydrogens (tertiary/aromatic N) is 1. The highest BCUT2D eigenvalue weighted by atomic mass is 19.4. The van der Waals surface area contributed by atoms with E-state index in [2.05, 4.69) is 4.98 Å². The summed E-state index contributed by atoms with van der Waals surface area (Å²) in [6.45, 7) is 0. The van der Waals surface area contributed by atoms with Gasteiger partial charge >= 0.3 is 12.1 Å². The zero-order valence-corrected chi connectivity index (χ0v) is 10.6. The Hall–Kier alpha value is -2.63. The van der Waals surface area contributed by atoms with Gasteiger partial charge in [-0.15, -0.1) is 0 Å². The number of carboxylic acids is 1. The SMILES string of the molecule is O=C(O)C(=Cc1ccccc1)c1cccnc1C(F)(F)F. The Morgan fingerprint density at radius 3 is 2.33 bits per heavy atom. The van der Waals surface area contributed by atoms with E-state index in [1.54, 1.807) is 30.3 Å². The molecule has 0 unspecified atom stereocenters. The molecule has 1 aromatic carbocycles. The highest BCUT2D eigenvalue weighted by Gasteiger charge is 2.36. The van der Waals surface area contributed by atoms with Gasteiger partial charge in [-0.2, -0.15) is 13.2 Å². The second-order valence-corrected chi connectivity index (χ2v) is 4.17. The first kappa shape index (κ1) is 14.8. The van der Waals surface area contributed by atoms with Gasteiger partial charge in [0.1, 0.15) is 0 Å². The van der Waals surface area contributed by atoms with Crippen molar-refractivity contribution >= 4 is 17.6 Å². The fourth-order valence-corrected chi connectivity index (χ4v) is 1.82. The minimum Gasteiger partial charge on any atom is -0.478 e. The Kier molecular flexibility index (Phi) is 4.07. The molecule has 0 bridgehead atoms. The molecular formula is C15H10F3NO2. The lowest BCUT2D eigenvalue weighted by molar-refractivity contribution is -0.141. The summed E-state index contributed by atoms with van der Waals surface area (Å²) < 4.78 is 38.8. The van der Waals surface area contributed by atoms with E-state index in [9.17, 15) is 23.1 Å². The Bertz CT molecular complexity index is 679. The largest absolute Gasteiger partial charge is 0.478 e. The number of aromatic nitrogens is 1. The Balaban J connectivity index is 2.61. The number of carbonyl (C=O) groups is 1. The minimum atomic E-state index is -4.72. The van der Waals surface area contributed by atoms with Crippen LogP contribution >= 0.6 is 0 Å². The summed E-state index contributed by atoms with van der Waals surface area (Å²) in [5.74, 6) is -1.45. The van der Waals surface area contributed by atoms with Gasteiger partial charge in [0, 0.05) is 11.8 Å². The van der Waals surface area contributed by atoms with Crippen LogP contribution in [-0.2, 0) is 11.0 Å². The molecule has 2 aromatic rings. The normalized spacial score (nSPS) is 12.2. The van der Waals surface area contributed by atoms with Gasteiger partial charge in [-0.3, -0.25) is 4.98 Å². The summed E-state index contributed by atoms with van der Waals surface area (Å²) in [4.78, 5) is 14.6. The quantitative estimate of drug-likeness (QED) is 0.877. The monoisotopic (exact) mass is 293 g/mol. The van der Waals surface area contributed by atoms with E-state index in [-0.39, 0.29) is 0 Å². The van der Waals surface area contributed by atoms with Crippen LogP contribution in [0.1, 0.15) is 16.8 Å². The molecule has 0 spiro atoms. The van der Waals surface area contributed by atoms with Gasteiger partial charge in [-0.05, 0) is 17.7 Å². The van der Waals surface area contributed by atoms with Gasteiger partial charge in [-0.25, -0.2) is 4.79 Å². The van der Waals surface area contributed by atoms with Gasteiger partial charge in [0.05, 0.1) is 5.57 Å². The Morgan fingerprint density at radius 1 is 1.10 bits per heavy atom. The number of aliphatic carboxylic acids is 1. The third-order valence-electron chi connectivity index (χ3n) is 2.71. The number of carboxylic acid groups (broad SMARTS) is 1. The Morgan fingerprint density at radius 2 is 1.76 bits per heavy atom. The lowest BCUT2D eigenvalue weighted by Gasteiger charge is -2.12. The zero-order chi connectivity index (χ0) is 15.5. The minimum absolute atomic E-state index is 0.457. The molecular weight excluding hydrogens is 283 g/mol. The van der Waals surface area contributed by atoms with Crippen LogP contribution in [0.25, 0.3) is 11.6 Å². The van der Waals surface area contributed by atoms with E-state index in [1.165, 1.54) is 12.1 Å². The van der Waals surface area contributed by atoms with Crippen LogP contribution in [0.15, 0.2) is 48.7 Å². The fraction of sp³-hybridized carbons (Fsp3) is 0.0667. The van der Waals surface area contributed by atoms with E-state index >= 15 is 0 Å². The van der Waals surface area contributed by atoms with E-state index in [0.29, 0.717) is 5.56 Å². The predicted octanol–water partition coefficient (Wildman–Crippen LogP) is 3.73. The smallest absolute Gasteiger partial charge is 0.433 e. The molecule has 0 aliphatic carbocycles. The summed E-state index contributed by atoms with van der Waals surface area (Å²) in [6, 6.07) is 10.6. The first-order chi connectivity index (χ1) is 9.89. The number of hydrogen-bond acceptors (Lipinski definition) is 2. The first-order valence-corrected chi connectivity index (χ1v) is 5.92. The lowest BCUT2D eigenvalue weighted by atomic mass is 10.0. The average molecular weight is 293 g/mol. The van der Waals surface area contributed by atoms with Gasteiger partial charge in [0.25, 0.3) is 0 Å². The van der Waals surface area contributed by atoms with Crippen LogP contribution < -0.4 is 0 Å². The number of halogens is 3. The van der Waals surface area contributed by atoms with Gasteiger partial charge in [0.15, 0.2) is 5.69 Å². The number of rotatable bonds is 3. The second-order valence-electron chi connectivity index (χ2n) is 4.17. The van der Waals surface area contributed by atoms with Crippen molar-refractivity contribution in [2.45, 2.75) is 6.18 Å². The second kappa shape index (κ2) is 5.78. The highest BCUT2D eigenvalue weighted by molar-refractivity contribution is 6.21. The molecule has 0 amide bonds. The summed E-state index contributed by atoms with van der Waals surface area (Å²) in [5, 5.41) is 9.21. The van der Waals surface area contributed by atoms with Crippen LogP contribution in [-0.4, -0.2) is 16.1 Å².